The third-order valence-electron chi connectivity index (χ3n) is 6.03. The number of amides is 2. The molecule has 0 aliphatic carbocycles. The third-order valence-corrected chi connectivity index (χ3v) is 6.03. The number of rotatable bonds is 2. The van der Waals surface area contributed by atoms with E-state index in [9.17, 15) is 27.2 Å². The van der Waals surface area contributed by atoms with Crippen molar-refractivity contribution in [2.45, 2.75) is 66.5 Å². The van der Waals surface area contributed by atoms with Gasteiger partial charge in [-0.25, -0.2) is 27.7 Å². The van der Waals surface area contributed by atoms with E-state index in [-0.39, 0.29) is 11.8 Å². The first-order valence-electron chi connectivity index (χ1n) is 12.4. The quantitative estimate of drug-likeness (QED) is 0.414. The molecule has 2 atom stereocenters. The first kappa shape index (κ1) is 29.6. The van der Waals surface area contributed by atoms with Crippen LogP contribution in [0.2, 0.25) is 0 Å². The summed E-state index contributed by atoms with van der Waals surface area (Å²) in [7, 11) is 0. The molecule has 2 saturated heterocycles. The standard InChI is InChI=1S/2C14H17F2NO2/c2*1-14(2,3)13(18)17-12(4-5-19-17)9-6-10(15)8-11(16)7-9/h2*6-8,12H,4-5H2,1-3H3/t2*12-/m10/s1. The molecule has 0 aromatic heterocycles. The zero-order valence-electron chi connectivity index (χ0n) is 22.5. The lowest BCUT2D eigenvalue weighted by molar-refractivity contribution is -0.186. The molecule has 4 rings (SSSR count). The number of hydrogen-bond donors (Lipinski definition) is 0. The van der Waals surface area contributed by atoms with Crippen molar-refractivity contribution in [3.63, 3.8) is 0 Å². The van der Waals surface area contributed by atoms with Crippen LogP contribution in [-0.2, 0) is 19.3 Å². The molecule has 2 amide bonds. The topological polar surface area (TPSA) is 59.1 Å². The maximum atomic E-state index is 13.3. The van der Waals surface area contributed by atoms with Crippen molar-refractivity contribution in [3.8, 4) is 0 Å². The highest BCUT2D eigenvalue weighted by Gasteiger charge is 2.38. The van der Waals surface area contributed by atoms with Crippen molar-refractivity contribution in [2.75, 3.05) is 13.2 Å². The molecule has 2 aliphatic rings. The molecule has 0 spiro atoms. The Bertz CT molecular complexity index is 1040. The molecule has 2 aromatic rings. The number of carbonyl (C=O) groups is 2. The van der Waals surface area contributed by atoms with E-state index in [4.69, 9.17) is 9.68 Å². The van der Waals surface area contributed by atoms with Crippen molar-refractivity contribution in [3.05, 3.63) is 70.8 Å². The highest BCUT2D eigenvalue weighted by Crippen LogP contribution is 2.35. The van der Waals surface area contributed by atoms with E-state index in [1.807, 2.05) is 0 Å². The smallest absolute Gasteiger partial charge is 0.252 e. The van der Waals surface area contributed by atoms with Crippen LogP contribution in [0.1, 0.15) is 77.6 Å². The van der Waals surface area contributed by atoms with Gasteiger partial charge in [-0.2, -0.15) is 0 Å². The van der Waals surface area contributed by atoms with E-state index in [1.165, 1.54) is 34.4 Å². The third kappa shape index (κ3) is 7.11. The molecule has 208 valence electrons. The molecular formula is C28H34F4N2O4. The van der Waals surface area contributed by atoms with Crippen molar-refractivity contribution in [2.24, 2.45) is 10.8 Å². The Morgan fingerprint density at radius 2 is 0.921 bits per heavy atom. The van der Waals surface area contributed by atoms with Crippen LogP contribution in [0.5, 0.6) is 0 Å². The molecule has 38 heavy (non-hydrogen) atoms. The predicted molar refractivity (Wildman–Crippen MR) is 132 cm³/mol. The van der Waals surface area contributed by atoms with Gasteiger partial charge in [0.1, 0.15) is 23.3 Å². The van der Waals surface area contributed by atoms with Crippen LogP contribution < -0.4 is 0 Å². The van der Waals surface area contributed by atoms with E-state index < -0.39 is 46.2 Å². The molecular weight excluding hydrogens is 504 g/mol. The lowest BCUT2D eigenvalue weighted by Gasteiger charge is -2.29. The summed E-state index contributed by atoms with van der Waals surface area (Å²) >= 11 is 0. The summed E-state index contributed by atoms with van der Waals surface area (Å²) < 4.78 is 53.0. The van der Waals surface area contributed by atoms with Crippen LogP contribution in [0.15, 0.2) is 36.4 Å². The molecule has 2 aliphatic heterocycles. The zero-order valence-corrected chi connectivity index (χ0v) is 22.5. The van der Waals surface area contributed by atoms with E-state index in [0.717, 1.165) is 12.1 Å². The van der Waals surface area contributed by atoms with Crippen LogP contribution in [0.25, 0.3) is 0 Å². The molecule has 0 unspecified atom stereocenters. The van der Waals surface area contributed by atoms with Crippen LogP contribution in [0, 0.1) is 34.1 Å². The largest absolute Gasteiger partial charge is 0.272 e. The Hall–Kier alpha value is -2.98. The van der Waals surface area contributed by atoms with Gasteiger partial charge >= 0.3 is 0 Å². The zero-order chi connectivity index (χ0) is 28.4. The maximum Gasteiger partial charge on any atom is 0.252 e. The second-order valence-electron chi connectivity index (χ2n) is 11.4. The summed E-state index contributed by atoms with van der Waals surface area (Å²) in [6.45, 7) is 11.4. The molecule has 6 nitrogen and oxygen atoms in total. The Morgan fingerprint density at radius 1 is 0.632 bits per heavy atom. The summed E-state index contributed by atoms with van der Waals surface area (Å²) in [5, 5.41) is 2.49. The minimum absolute atomic E-state index is 0.195. The Balaban J connectivity index is 0.000000211. The minimum atomic E-state index is -0.648. The van der Waals surface area contributed by atoms with Gasteiger partial charge in [0.05, 0.1) is 25.3 Å². The molecule has 2 aromatic carbocycles. The van der Waals surface area contributed by atoms with Crippen molar-refractivity contribution in [1.29, 1.82) is 0 Å². The summed E-state index contributed by atoms with van der Waals surface area (Å²) in [4.78, 5) is 35.1. The number of nitrogens with zero attached hydrogens (tertiary/aromatic N) is 2. The fraction of sp³-hybridized carbons (Fsp3) is 0.500. The van der Waals surface area contributed by atoms with Gasteiger partial charge in [-0.1, -0.05) is 41.5 Å². The normalized spacial score (nSPS) is 19.8. The number of halogens is 4. The number of hydrogen-bond acceptors (Lipinski definition) is 4. The number of carbonyl (C=O) groups excluding carboxylic acids is 2. The maximum absolute atomic E-state index is 13.3. The molecule has 2 fully saturated rings. The van der Waals surface area contributed by atoms with Crippen LogP contribution in [0.3, 0.4) is 0 Å². The van der Waals surface area contributed by atoms with Crippen molar-refractivity contribution >= 4 is 11.8 Å². The highest BCUT2D eigenvalue weighted by atomic mass is 19.1. The summed E-state index contributed by atoms with van der Waals surface area (Å²) in [6, 6.07) is 5.73. The number of benzene rings is 2. The van der Waals surface area contributed by atoms with Gasteiger partial charge in [-0.3, -0.25) is 19.3 Å². The van der Waals surface area contributed by atoms with Gasteiger partial charge in [0.2, 0.25) is 0 Å². The van der Waals surface area contributed by atoms with Crippen LogP contribution in [-0.4, -0.2) is 35.2 Å². The SMILES string of the molecule is CC(C)(C)C(=O)N1OCC[C@@H]1c1cc(F)cc(F)c1.CC(C)(C)C(=O)N1OCC[C@H]1c1cc(F)cc(F)c1. The molecule has 0 N–H and O–H groups in total. The predicted octanol–water partition coefficient (Wildman–Crippen LogP) is 6.43. The van der Waals surface area contributed by atoms with E-state index >= 15 is 0 Å². The fourth-order valence-electron chi connectivity index (χ4n) is 4.14. The molecule has 0 radical (unpaired) electrons. The van der Waals surface area contributed by atoms with Gasteiger partial charge in [0, 0.05) is 35.8 Å². The van der Waals surface area contributed by atoms with Gasteiger partial charge in [0.25, 0.3) is 11.8 Å². The summed E-state index contributed by atoms with van der Waals surface area (Å²) in [6.07, 6.45) is 1.06. The van der Waals surface area contributed by atoms with E-state index in [0.29, 0.717) is 37.2 Å². The molecule has 2 heterocycles. The van der Waals surface area contributed by atoms with Crippen LogP contribution >= 0.6 is 0 Å². The lowest BCUT2D eigenvalue weighted by atomic mass is 9.94. The summed E-state index contributed by atoms with van der Waals surface area (Å²) in [5.41, 5.74) is -0.358. The van der Waals surface area contributed by atoms with E-state index in [1.54, 1.807) is 41.5 Å². The Kier molecular flexibility index (Phi) is 8.88. The van der Waals surface area contributed by atoms with Gasteiger partial charge in [-0.05, 0) is 35.4 Å². The van der Waals surface area contributed by atoms with Crippen LogP contribution in [0.4, 0.5) is 17.6 Å². The molecule has 0 saturated carbocycles. The number of hydroxylamine groups is 4. The van der Waals surface area contributed by atoms with Gasteiger partial charge in [-0.15, -0.1) is 0 Å². The average molecular weight is 539 g/mol. The minimum Gasteiger partial charge on any atom is -0.272 e. The van der Waals surface area contributed by atoms with Crippen molar-refractivity contribution < 1.29 is 36.8 Å². The Labute approximate surface area is 220 Å². The van der Waals surface area contributed by atoms with Gasteiger partial charge < -0.3 is 0 Å². The molecule has 0 bridgehead atoms. The fourth-order valence-corrected chi connectivity index (χ4v) is 4.14. The first-order valence-corrected chi connectivity index (χ1v) is 12.4. The summed E-state index contributed by atoms with van der Waals surface area (Å²) in [5.74, 6) is -2.98. The van der Waals surface area contributed by atoms with E-state index in [2.05, 4.69) is 0 Å². The second-order valence-corrected chi connectivity index (χ2v) is 11.4. The second kappa shape index (κ2) is 11.4. The average Bonchev–Trinajstić information content (AvgIpc) is 3.46. The van der Waals surface area contributed by atoms with Crippen molar-refractivity contribution in [1.82, 2.24) is 10.1 Å². The monoisotopic (exact) mass is 538 g/mol. The lowest BCUT2D eigenvalue weighted by Crippen LogP contribution is -2.38. The highest BCUT2D eigenvalue weighted by molar-refractivity contribution is 5.81. The molecule has 10 heteroatoms. The van der Waals surface area contributed by atoms with Gasteiger partial charge in [0.15, 0.2) is 0 Å². The first-order chi connectivity index (χ1) is 17.6. The Morgan fingerprint density at radius 3 is 1.18 bits per heavy atom.